The molecule has 1 heterocycles. The number of primary amides is 1. The molecular weight excluding hydrogens is 441 g/mol. The molecule has 182 valence electrons. The number of halogens is 3. The number of carbonyl (C=O) groups is 3. The van der Waals surface area contributed by atoms with Crippen molar-refractivity contribution in [1.82, 2.24) is 4.90 Å². The molecule has 0 spiro atoms. The molecule has 3 amide bonds. The number of nitrogens with one attached hydrogen (secondary N) is 1. The Labute approximate surface area is 190 Å². The van der Waals surface area contributed by atoms with E-state index in [0.717, 1.165) is 29.9 Å². The number of hydrogen-bond acceptors (Lipinski definition) is 5. The molecule has 3 N–H and O–H groups in total. The average Bonchev–Trinajstić information content (AvgIpc) is 3.51. The largest absolute Gasteiger partial charge is 0.418 e. The number of morpholine rings is 1. The second-order valence-corrected chi connectivity index (χ2v) is 8.91. The second-order valence-electron chi connectivity index (χ2n) is 8.91. The molecule has 0 radical (unpaired) electrons. The maximum atomic E-state index is 13.8. The van der Waals surface area contributed by atoms with Gasteiger partial charge in [0.15, 0.2) is 6.04 Å². The summed E-state index contributed by atoms with van der Waals surface area (Å²) < 4.78 is 46.4. The number of nitrogens with zero attached hydrogens (tertiary/aromatic N) is 2. The van der Waals surface area contributed by atoms with Crippen LogP contribution in [0.1, 0.15) is 32.3 Å². The minimum Gasteiger partial charge on any atom is -0.370 e. The molecule has 1 aromatic rings. The fraction of sp³-hybridized carbons (Fsp3) is 0.591. The van der Waals surface area contributed by atoms with Crippen molar-refractivity contribution in [3.8, 4) is 0 Å². The number of rotatable bonds is 9. The lowest BCUT2D eigenvalue weighted by molar-refractivity contribution is -0.138. The van der Waals surface area contributed by atoms with Crippen molar-refractivity contribution in [3.05, 3.63) is 23.8 Å². The molecule has 0 unspecified atom stereocenters. The van der Waals surface area contributed by atoms with Crippen LogP contribution in [0.15, 0.2) is 18.2 Å². The molecule has 1 saturated carbocycles. The fourth-order valence-electron chi connectivity index (χ4n) is 3.92. The van der Waals surface area contributed by atoms with Crippen molar-refractivity contribution < 1.29 is 32.3 Å². The molecule has 2 aliphatic rings. The van der Waals surface area contributed by atoms with Crippen molar-refractivity contribution >= 4 is 29.1 Å². The number of benzene rings is 1. The lowest BCUT2D eigenvalue weighted by Gasteiger charge is -2.31. The van der Waals surface area contributed by atoms with Crippen LogP contribution < -0.4 is 16.0 Å². The Morgan fingerprint density at radius 1 is 1.30 bits per heavy atom. The highest BCUT2D eigenvalue weighted by atomic mass is 19.4. The molecule has 1 aliphatic heterocycles. The van der Waals surface area contributed by atoms with Crippen molar-refractivity contribution in [3.63, 3.8) is 0 Å². The van der Waals surface area contributed by atoms with E-state index >= 15 is 0 Å². The Morgan fingerprint density at radius 2 is 2.00 bits per heavy atom. The van der Waals surface area contributed by atoms with Crippen molar-refractivity contribution in [2.24, 2.45) is 17.6 Å². The van der Waals surface area contributed by atoms with Crippen molar-refractivity contribution in [2.75, 3.05) is 43.1 Å². The second kappa shape index (κ2) is 10.1. The van der Waals surface area contributed by atoms with E-state index in [1.54, 1.807) is 4.90 Å². The van der Waals surface area contributed by atoms with E-state index in [-0.39, 0.29) is 37.1 Å². The van der Waals surface area contributed by atoms with Gasteiger partial charge in [0.25, 0.3) is 11.8 Å². The first-order valence-electron chi connectivity index (χ1n) is 10.9. The molecular formula is C22H29F3N4O4. The van der Waals surface area contributed by atoms with Gasteiger partial charge in [-0.3, -0.25) is 19.3 Å². The maximum absolute atomic E-state index is 13.8. The number of ether oxygens (including phenoxy) is 1. The zero-order chi connectivity index (χ0) is 24.3. The third-order valence-electron chi connectivity index (χ3n) is 5.52. The van der Waals surface area contributed by atoms with Gasteiger partial charge in [0, 0.05) is 25.3 Å². The van der Waals surface area contributed by atoms with Crippen molar-refractivity contribution in [1.29, 1.82) is 0 Å². The van der Waals surface area contributed by atoms with Crippen LogP contribution in [0.5, 0.6) is 0 Å². The van der Waals surface area contributed by atoms with Gasteiger partial charge >= 0.3 is 6.18 Å². The molecule has 1 saturated heterocycles. The van der Waals surface area contributed by atoms with Gasteiger partial charge in [-0.1, -0.05) is 13.8 Å². The van der Waals surface area contributed by atoms with Gasteiger partial charge in [-0.05, 0) is 42.9 Å². The molecule has 8 nitrogen and oxygen atoms in total. The maximum Gasteiger partial charge on any atom is 0.418 e. The van der Waals surface area contributed by atoms with E-state index in [1.807, 2.05) is 13.8 Å². The molecule has 11 heteroatoms. The zero-order valence-electron chi connectivity index (χ0n) is 18.7. The first-order valence-corrected chi connectivity index (χ1v) is 10.9. The van der Waals surface area contributed by atoms with Crippen LogP contribution in [0.25, 0.3) is 0 Å². The van der Waals surface area contributed by atoms with E-state index in [0.29, 0.717) is 19.0 Å². The molecule has 3 rings (SSSR count). The zero-order valence-corrected chi connectivity index (χ0v) is 18.7. The normalized spacial score (nSPS) is 18.0. The van der Waals surface area contributed by atoms with Gasteiger partial charge in [0.1, 0.15) is 6.61 Å². The minimum absolute atomic E-state index is 0.0112. The van der Waals surface area contributed by atoms with E-state index in [2.05, 4.69) is 5.32 Å². The lowest BCUT2D eigenvalue weighted by Crippen LogP contribution is -2.53. The summed E-state index contributed by atoms with van der Waals surface area (Å²) in [5.41, 5.74) is 4.01. The van der Waals surface area contributed by atoms with Gasteiger partial charge < -0.3 is 20.7 Å². The number of alkyl halides is 3. The van der Waals surface area contributed by atoms with Gasteiger partial charge in [-0.25, -0.2) is 0 Å². The lowest BCUT2D eigenvalue weighted by atomic mass is 10.1. The van der Waals surface area contributed by atoms with Crippen LogP contribution in [0, 0.1) is 11.8 Å². The topological polar surface area (TPSA) is 105 Å². The Hall–Kier alpha value is -2.66. The SMILES string of the molecule is CC(C)CN(CC1CC1)[C@@H](C(N)=O)C(=O)Nc1ccc(N2CCOCC2=O)c(C(F)(F)F)c1. The Bertz CT molecular complexity index is 898. The van der Waals surface area contributed by atoms with Crippen LogP contribution in [0.3, 0.4) is 0 Å². The first-order chi connectivity index (χ1) is 15.5. The highest BCUT2D eigenvalue weighted by Gasteiger charge is 2.38. The summed E-state index contributed by atoms with van der Waals surface area (Å²) in [6.45, 7) is 4.66. The standard InChI is InChI=1S/C22H29F3N4O4/c1-13(2)10-28(11-14-3-4-14)19(20(26)31)21(32)27-15-5-6-17(16(9-15)22(23,24)25)29-7-8-33-12-18(29)30/h5-6,9,13-14,19H,3-4,7-8,10-12H2,1-2H3,(H2,26,31)(H,27,32)/t19-/m0/s1. The molecule has 0 bridgehead atoms. The van der Waals surface area contributed by atoms with Gasteiger partial charge in [0.05, 0.1) is 17.9 Å². The van der Waals surface area contributed by atoms with Gasteiger partial charge in [-0.2, -0.15) is 13.2 Å². The van der Waals surface area contributed by atoms with Crippen LogP contribution >= 0.6 is 0 Å². The van der Waals surface area contributed by atoms with Gasteiger partial charge in [0.2, 0.25) is 5.91 Å². The average molecular weight is 470 g/mol. The predicted octanol–water partition coefficient (Wildman–Crippen LogP) is 2.23. The van der Waals surface area contributed by atoms with Crippen LogP contribution in [0.2, 0.25) is 0 Å². The smallest absolute Gasteiger partial charge is 0.370 e. The first kappa shape index (κ1) is 25.0. The van der Waals surface area contributed by atoms with E-state index in [9.17, 15) is 27.6 Å². The van der Waals surface area contributed by atoms with Crippen LogP contribution in [-0.2, 0) is 25.3 Å². The Kier molecular flexibility index (Phi) is 7.63. The summed E-state index contributed by atoms with van der Waals surface area (Å²) in [5, 5.41) is 2.42. The summed E-state index contributed by atoms with van der Waals surface area (Å²) in [5.74, 6) is -1.70. The summed E-state index contributed by atoms with van der Waals surface area (Å²) in [6.07, 6.45) is -2.77. The van der Waals surface area contributed by atoms with E-state index in [4.69, 9.17) is 10.5 Å². The highest BCUT2D eigenvalue weighted by Crippen LogP contribution is 2.39. The summed E-state index contributed by atoms with van der Waals surface area (Å²) in [7, 11) is 0. The number of carbonyl (C=O) groups excluding carboxylic acids is 3. The Balaban J connectivity index is 1.86. The van der Waals surface area contributed by atoms with E-state index in [1.165, 1.54) is 6.07 Å². The van der Waals surface area contributed by atoms with Crippen molar-refractivity contribution in [2.45, 2.75) is 38.9 Å². The quantitative estimate of drug-likeness (QED) is 0.539. The molecule has 1 aromatic carbocycles. The molecule has 1 atom stereocenters. The van der Waals surface area contributed by atoms with Crippen LogP contribution in [-0.4, -0.2) is 61.5 Å². The number of hydrogen-bond donors (Lipinski definition) is 2. The fourth-order valence-corrected chi connectivity index (χ4v) is 3.92. The molecule has 33 heavy (non-hydrogen) atoms. The molecule has 0 aromatic heterocycles. The summed E-state index contributed by atoms with van der Waals surface area (Å²) in [4.78, 5) is 39.9. The highest BCUT2D eigenvalue weighted by molar-refractivity contribution is 6.09. The van der Waals surface area contributed by atoms with E-state index < -0.39 is 35.5 Å². The number of anilines is 2. The minimum atomic E-state index is -4.77. The third kappa shape index (κ3) is 6.44. The number of amides is 3. The monoisotopic (exact) mass is 470 g/mol. The predicted molar refractivity (Wildman–Crippen MR) is 115 cm³/mol. The van der Waals surface area contributed by atoms with Crippen LogP contribution in [0.4, 0.5) is 24.5 Å². The Morgan fingerprint density at radius 3 is 2.55 bits per heavy atom. The molecule has 1 aliphatic carbocycles. The molecule has 2 fully saturated rings. The summed E-state index contributed by atoms with van der Waals surface area (Å²) >= 11 is 0. The van der Waals surface area contributed by atoms with Gasteiger partial charge in [-0.15, -0.1) is 0 Å². The third-order valence-corrected chi connectivity index (χ3v) is 5.52. The summed E-state index contributed by atoms with van der Waals surface area (Å²) in [6, 6.07) is 1.87. The number of nitrogens with two attached hydrogens (primary N) is 1.